The smallest absolute Gasteiger partial charge is 0.348 e. The number of rotatable bonds is 8. The first-order chi connectivity index (χ1) is 16.4. The maximum Gasteiger partial charge on any atom is 0.348 e. The molecule has 9 heteroatoms. The fourth-order valence-corrected chi connectivity index (χ4v) is 6.58. The lowest BCUT2D eigenvalue weighted by atomic mass is 9.97. The normalized spacial score (nSPS) is 13.8. The van der Waals surface area contributed by atoms with Crippen LogP contribution in [0.4, 0.5) is 4.39 Å². The number of hydrogen-bond acceptors (Lipinski definition) is 6. The number of thiophene rings is 1. The molecule has 1 aliphatic rings. The highest BCUT2D eigenvalue weighted by molar-refractivity contribution is 7.98. The number of aryl methyl sites for hydroxylation is 1. The number of benzene rings is 1. The Balaban J connectivity index is 1.75. The van der Waals surface area contributed by atoms with E-state index in [2.05, 4.69) is 6.08 Å². The van der Waals surface area contributed by atoms with Gasteiger partial charge in [0.05, 0.1) is 12.0 Å². The van der Waals surface area contributed by atoms with Gasteiger partial charge in [0.1, 0.15) is 15.5 Å². The molecule has 0 radical (unpaired) electrons. The Morgan fingerprint density at radius 3 is 2.88 bits per heavy atom. The average Bonchev–Trinajstić information content (AvgIpc) is 3.15. The van der Waals surface area contributed by atoms with Crippen molar-refractivity contribution in [2.45, 2.75) is 63.4 Å². The maximum atomic E-state index is 14.4. The summed E-state index contributed by atoms with van der Waals surface area (Å²) in [6.07, 6.45) is 7.50. The number of aromatic nitrogens is 2. The van der Waals surface area contributed by atoms with Crippen LogP contribution in [-0.4, -0.2) is 22.1 Å². The van der Waals surface area contributed by atoms with Gasteiger partial charge in [-0.05, 0) is 63.6 Å². The van der Waals surface area contributed by atoms with E-state index in [0.29, 0.717) is 42.9 Å². The minimum Gasteiger partial charge on any atom is -0.462 e. The average molecular weight is 521 g/mol. The van der Waals surface area contributed by atoms with Crippen LogP contribution in [0.5, 0.6) is 0 Å². The number of allylic oxidation sites excluding steroid dienone is 2. The molecule has 0 spiro atoms. The molecule has 2 aromatic heterocycles. The number of hydrogen-bond donors (Lipinski definition) is 0. The lowest BCUT2D eigenvalue weighted by Gasteiger charge is -2.16. The van der Waals surface area contributed by atoms with Gasteiger partial charge in [-0.15, -0.1) is 11.3 Å². The molecule has 4 rings (SSSR count). The number of ether oxygens (including phenoxy) is 1. The van der Waals surface area contributed by atoms with Gasteiger partial charge in [-0.3, -0.25) is 9.36 Å². The van der Waals surface area contributed by atoms with E-state index >= 15 is 0 Å². The zero-order valence-corrected chi connectivity index (χ0v) is 21.5. The van der Waals surface area contributed by atoms with Crippen molar-refractivity contribution in [2.24, 2.45) is 0 Å². The van der Waals surface area contributed by atoms with Crippen LogP contribution >= 0.6 is 34.7 Å². The lowest BCUT2D eigenvalue weighted by molar-refractivity contribution is 0.0531. The van der Waals surface area contributed by atoms with Crippen LogP contribution in [0.2, 0.25) is 5.02 Å². The second-order valence-corrected chi connectivity index (χ2v) is 10.5. The third-order valence-electron chi connectivity index (χ3n) is 5.92. The van der Waals surface area contributed by atoms with Gasteiger partial charge in [0.2, 0.25) is 0 Å². The van der Waals surface area contributed by atoms with Crippen LogP contribution in [0, 0.1) is 12.7 Å². The molecule has 0 aliphatic heterocycles. The van der Waals surface area contributed by atoms with E-state index in [1.807, 2.05) is 0 Å². The first-order valence-corrected chi connectivity index (χ1v) is 13.5. The molecule has 0 saturated carbocycles. The van der Waals surface area contributed by atoms with Crippen molar-refractivity contribution in [3.05, 3.63) is 67.0 Å². The van der Waals surface area contributed by atoms with Crippen molar-refractivity contribution in [2.75, 3.05) is 6.61 Å². The maximum absolute atomic E-state index is 14.4. The Kier molecular flexibility index (Phi) is 8.11. The minimum absolute atomic E-state index is 0.187. The Morgan fingerprint density at radius 1 is 1.35 bits per heavy atom. The Labute approximate surface area is 211 Å². The molecule has 1 aromatic carbocycles. The summed E-state index contributed by atoms with van der Waals surface area (Å²) in [5.41, 5.74) is 2.13. The predicted octanol–water partition coefficient (Wildman–Crippen LogP) is 6.92. The van der Waals surface area contributed by atoms with E-state index in [1.54, 1.807) is 30.5 Å². The molecule has 180 valence electrons. The third kappa shape index (κ3) is 5.24. The summed E-state index contributed by atoms with van der Waals surface area (Å²) < 4.78 is 21.2. The molecule has 1 aliphatic carbocycles. The molecule has 0 atom stereocenters. The van der Waals surface area contributed by atoms with Gasteiger partial charge in [0.15, 0.2) is 5.16 Å². The largest absolute Gasteiger partial charge is 0.462 e. The molecular formula is C25H26ClFN2O3S2. The van der Waals surface area contributed by atoms with Crippen molar-refractivity contribution in [3.8, 4) is 0 Å². The monoisotopic (exact) mass is 520 g/mol. The molecule has 3 aromatic rings. The van der Waals surface area contributed by atoms with Crippen LogP contribution in [0.3, 0.4) is 0 Å². The van der Waals surface area contributed by atoms with Gasteiger partial charge in [-0.25, -0.2) is 14.2 Å². The second kappa shape index (κ2) is 11.1. The van der Waals surface area contributed by atoms with Crippen molar-refractivity contribution >= 4 is 50.9 Å². The highest BCUT2D eigenvalue weighted by Crippen LogP contribution is 2.32. The summed E-state index contributed by atoms with van der Waals surface area (Å²) in [5.74, 6) is -0.603. The number of esters is 1. The summed E-state index contributed by atoms with van der Waals surface area (Å²) >= 11 is 8.65. The molecule has 0 saturated heterocycles. The first-order valence-electron chi connectivity index (χ1n) is 11.3. The summed E-state index contributed by atoms with van der Waals surface area (Å²) in [6, 6.07) is 4.58. The van der Waals surface area contributed by atoms with Gasteiger partial charge < -0.3 is 4.74 Å². The zero-order chi connectivity index (χ0) is 24.2. The van der Waals surface area contributed by atoms with Crippen molar-refractivity contribution in [1.82, 2.24) is 9.55 Å². The molecule has 0 N–H and O–H groups in total. The minimum atomic E-state index is -0.450. The van der Waals surface area contributed by atoms with Crippen LogP contribution in [0.15, 0.2) is 39.8 Å². The van der Waals surface area contributed by atoms with E-state index in [9.17, 15) is 14.0 Å². The van der Waals surface area contributed by atoms with Crippen molar-refractivity contribution in [1.29, 1.82) is 0 Å². The highest BCUT2D eigenvalue weighted by atomic mass is 35.5. The Hall–Kier alpha value is -2.16. The molecular weight excluding hydrogens is 495 g/mol. The number of fused-ring (bicyclic) bond motifs is 1. The summed E-state index contributed by atoms with van der Waals surface area (Å²) in [6.45, 7) is 4.23. The topological polar surface area (TPSA) is 61.2 Å². The molecule has 34 heavy (non-hydrogen) atoms. The van der Waals surface area contributed by atoms with E-state index in [4.69, 9.17) is 21.3 Å². The molecule has 0 unspecified atom stereocenters. The predicted molar refractivity (Wildman–Crippen MR) is 137 cm³/mol. The van der Waals surface area contributed by atoms with Crippen LogP contribution in [0.25, 0.3) is 10.2 Å². The molecule has 0 amide bonds. The number of nitrogens with zero attached hydrogens (tertiary/aromatic N) is 2. The standard InChI is InChI=1S/C25H26ClFN2O3S2/c1-3-32-24(31)21-15(2)20-22(34-21)28-25(33-14-17-18(26)10-7-11-19(17)27)29(23(20)30)13-12-16-8-5-4-6-9-16/h7-8,10-11H,3-6,9,12-14H2,1-2H3. The quantitative estimate of drug-likeness (QED) is 0.140. The molecule has 5 nitrogen and oxygen atoms in total. The molecule has 2 heterocycles. The van der Waals surface area contributed by atoms with Gasteiger partial charge in [-0.1, -0.05) is 41.1 Å². The second-order valence-electron chi connectivity index (χ2n) is 8.16. The fourth-order valence-electron chi connectivity index (χ4n) is 4.09. The van der Waals surface area contributed by atoms with Crippen LogP contribution in [0.1, 0.15) is 59.8 Å². The SMILES string of the molecule is CCOC(=O)c1sc2nc(SCc3c(F)cccc3Cl)n(CCC3=CCCCC3)c(=O)c2c1C. The van der Waals surface area contributed by atoms with E-state index in [-0.39, 0.29) is 23.7 Å². The molecule has 0 bridgehead atoms. The van der Waals surface area contributed by atoms with Crippen molar-refractivity contribution in [3.63, 3.8) is 0 Å². The first kappa shape index (κ1) is 24.9. The van der Waals surface area contributed by atoms with E-state index in [1.165, 1.54) is 29.8 Å². The van der Waals surface area contributed by atoms with Gasteiger partial charge in [-0.2, -0.15) is 0 Å². The Bertz CT molecular complexity index is 1300. The lowest BCUT2D eigenvalue weighted by Crippen LogP contribution is -2.24. The fraction of sp³-hybridized carbons (Fsp3) is 0.400. The van der Waals surface area contributed by atoms with E-state index < -0.39 is 5.97 Å². The number of carbonyl (C=O) groups excluding carboxylic acids is 1. The zero-order valence-electron chi connectivity index (χ0n) is 19.2. The van der Waals surface area contributed by atoms with Gasteiger partial charge in [0.25, 0.3) is 5.56 Å². The van der Waals surface area contributed by atoms with Crippen LogP contribution in [-0.2, 0) is 17.0 Å². The highest BCUT2D eigenvalue weighted by Gasteiger charge is 2.23. The molecule has 0 fully saturated rings. The van der Waals surface area contributed by atoms with Gasteiger partial charge in [0, 0.05) is 22.9 Å². The van der Waals surface area contributed by atoms with Gasteiger partial charge >= 0.3 is 5.97 Å². The Morgan fingerprint density at radius 2 is 2.18 bits per heavy atom. The third-order valence-corrected chi connectivity index (χ3v) is 8.45. The van der Waals surface area contributed by atoms with Crippen LogP contribution < -0.4 is 5.56 Å². The van der Waals surface area contributed by atoms with E-state index in [0.717, 1.165) is 37.0 Å². The number of halogens is 2. The van der Waals surface area contributed by atoms with Crippen molar-refractivity contribution < 1.29 is 13.9 Å². The summed E-state index contributed by atoms with van der Waals surface area (Å²) in [4.78, 5) is 31.7. The number of carbonyl (C=O) groups is 1. The number of thioether (sulfide) groups is 1. The summed E-state index contributed by atoms with van der Waals surface area (Å²) in [7, 11) is 0. The summed E-state index contributed by atoms with van der Waals surface area (Å²) in [5, 5.41) is 1.27.